The topological polar surface area (TPSA) is 58.6 Å². The zero-order chi connectivity index (χ0) is 16.0. The van der Waals surface area contributed by atoms with E-state index in [1.54, 1.807) is 51.1 Å². The third-order valence-electron chi connectivity index (χ3n) is 2.67. The summed E-state index contributed by atoms with van der Waals surface area (Å²) in [5, 5.41) is 11.9. The number of halogens is 2. The van der Waals surface area contributed by atoms with E-state index in [0.717, 1.165) is 5.56 Å². The predicted molar refractivity (Wildman–Crippen MR) is 75.3 cm³/mol. The molecule has 0 aliphatic rings. The Balaban J connectivity index is 2.76. The van der Waals surface area contributed by atoms with Gasteiger partial charge in [-0.3, -0.25) is 0 Å². The van der Waals surface area contributed by atoms with Crippen LogP contribution in [0.15, 0.2) is 30.3 Å². The fourth-order valence-corrected chi connectivity index (χ4v) is 1.76. The van der Waals surface area contributed by atoms with Crippen LogP contribution in [0.25, 0.3) is 0 Å². The summed E-state index contributed by atoms with van der Waals surface area (Å²) in [4.78, 5) is 11.7. The molecule has 2 N–H and O–H groups in total. The molecule has 1 amide bonds. The average molecular weight is 301 g/mol. The summed E-state index contributed by atoms with van der Waals surface area (Å²) in [5.74, 6) is 0. The van der Waals surface area contributed by atoms with E-state index in [4.69, 9.17) is 4.74 Å². The van der Waals surface area contributed by atoms with Crippen molar-refractivity contribution in [1.29, 1.82) is 0 Å². The van der Waals surface area contributed by atoms with Crippen LogP contribution < -0.4 is 5.32 Å². The van der Waals surface area contributed by atoms with Gasteiger partial charge in [-0.25, -0.2) is 13.6 Å². The second-order valence-corrected chi connectivity index (χ2v) is 5.77. The largest absolute Gasteiger partial charge is 0.444 e. The van der Waals surface area contributed by atoms with E-state index in [-0.39, 0.29) is 6.42 Å². The maximum absolute atomic E-state index is 12.7. The molecule has 2 atom stereocenters. The number of hydrogen-bond donors (Lipinski definition) is 2. The lowest BCUT2D eigenvalue weighted by Gasteiger charge is -2.26. The van der Waals surface area contributed by atoms with Crippen LogP contribution in [0.4, 0.5) is 13.6 Å². The molecule has 0 radical (unpaired) electrons. The van der Waals surface area contributed by atoms with Gasteiger partial charge < -0.3 is 15.2 Å². The third-order valence-corrected chi connectivity index (χ3v) is 2.67. The summed E-state index contributed by atoms with van der Waals surface area (Å²) in [5.41, 5.74) is -0.00443. The number of carbonyl (C=O) groups excluding carboxylic acids is 1. The highest BCUT2D eigenvalue weighted by Crippen LogP contribution is 2.13. The molecule has 0 aromatic heterocycles. The van der Waals surface area contributed by atoms with Gasteiger partial charge in [-0.1, -0.05) is 30.3 Å². The first-order valence-corrected chi connectivity index (χ1v) is 6.68. The lowest BCUT2D eigenvalue weighted by Crippen LogP contribution is -2.49. The highest BCUT2D eigenvalue weighted by atomic mass is 19.3. The molecule has 118 valence electrons. The van der Waals surface area contributed by atoms with Gasteiger partial charge in [-0.2, -0.15) is 0 Å². The van der Waals surface area contributed by atoms with Crippen LogP contribution in [0.2, 0.25) is 0 Å². The van der Waals surface area contributed by atoms with Gasteiger partial charge in [0, 0.05) is 0 Å². The van der Waals surface area contributed by atoms with Crippen molar-refractivity contribution in [2.24, 2.45) is 0 Å². The number of alkyl carbamates (subject to hydrolysis) is 1. The van der Waals surface area contributed by atoms with Crippen LogP contribution >= 0.6 is 0 Å². The molecule has 0 fully saturated rings. The Bertz CT molecular complexity index is 446. The molecule has 2 unspecified atom stereocenters. The first-order chi connectivity index (χ1) is 9.69. The fourth-order valence-electron chi connectivity index (χ4n) is 1.76. The number of benzene rings is 1. The molecule has 1 rings (SSSR count). The van der Waals surface area contributed by atoms with Crippen molar-refractivity contribution in [3.63, 3.8) is 0 Å². The highest BCUT2D eigenvalue weighted by molar-refractivity contribution is 5.68. The number of alkyl halides is 2. The van der Waals surface area contributed by atoms with E-state index in [9.17, 15) is 18.7 Å². The van der Waals surface area contributed by atoms with Crippen molar-refractivity contribution in [2.75, 3.05) is 0 Å². The van der Waals surface area contributed by atoms with Gasteiger partial charge in [-0.05, 0) is 32.8 Å². The van der Waals surface area contributed by atoms with E-state index in [2.05, 4.69) is 5.32 Å². The van der Waals surface area contributed by atoms with Gasteiger partial charge in [0.15, 0.2) is 0 Å². The molecule has 6 heteroatoms. The summed E-state index contributed by atoms with van der Waals surface area (Å²) in [6, 6.07) is 7.67. The van der Waals surface area contributed by atoms with Crippen LogP contribution in [0.3, 0.4) is 0 Å². The van der Waals surface area contributed by atoms with Crippen molar-refractivity contribution in [1.82, 2.24) is 5.32 Å². The molecule has 4 nitrogen and oxygen atoms in total. The summed E-state index contributed by atoms with van der Waals surface area (Å²) in [7, 11) is 0. The monoisotopic (exact) mass is 301 g/mol. The lowest BCUT2D eigenvalue weighted by atomic mass is 10.0. The molecule has 0 saturated carbocycles. The molecule has 1 aromatic rings. The number of aliphatic hydroxyl groups is 1. The molecule has 1 aromatic carbocycles. The summed E-state index contributed by atoms with van der Waals surface area (Å²) in [6.07, 6.45) is -5.65. The predicted octanol–water partition coefficient (Wildman–Crippen LogP) is 2.75. The summed E-state index contributed by atoms with van der Waals surface area (Å²) < 4.78 is 30.5. The second-order valence-electron chi connectivity index (χ2n) is 5.77. The molecule has 0 saturated heterocycles. The first kappa shape index (κ1) is 17.4. The molecular formula is C15H21F2NO3. The Morgan fingerprint density at radius 3 is 2.33 bits per heavy atom. The maximum Gasteiger partial charge on any atom is 0.407 e. The summed E-state index contributed by atoms with van der Waals surface area (Å²) >= 11 is 0. The van der Waals surface area contributed by atoms with E-state index in [1.807, 2.05) is 0 Å². The molecule has 0 aliphatic carbocycles. The van der Waals surface area contributed by atoms with Crippen molar-refractivity contribution >= 4 is 6.09 Å². The quantitative estimate of drug-likeness (QED) is 0.879. The highest BCUT2D eigenvalue weighted by Gasteiger charge is 2.30. The second kappa shape index (κ2) is 7.36. The van der Waals surface area contributed by atoms with Crippen LogP contribution in [0.5, 0.6) is 0 Å². The molecular weight excluding hydrogens is 280 g/mol. The zero-order valence-corrected chi connectivity index (χ0v) is 12.3. The molecule has 0 bridgehead atoms. The first-order valence-electron chi connectivity index (χ1n) is 6.68. The van der Waals surface area contributed by atoms with Crippen molar-refractivity contribution in [2.45, 2.75) is 51.4 Å². The zero-order valence-electron chi connectivity index (χ0n) is 12.3. The van der Waals surface area contributed by atoms with Crippen LogP contribution in [0, 0.1) is 0 Å². The average Bonchev–Trinajstić information content (AvgIpc) is 2.36. The van der Waals surface area contributed by atoms with Crippen LogP contribution in [-0.2, 0) is 11.2 Å². The van der Waals surface area contributed by atoms with Gasteiger partial charge in [0.2, 0.25) is 0 Å². The number of nitrogens with one attached hydrogen (secondary N) is 1. The molecule has 0 heterocycles. The minimum absolute atomic E-state index is 0.0889. The molecule has 0 spiro atoms. The Morgan fingerprint density at radius 2 is 1.86 bits per heavy atom. The molecule has 0 aliphatic heterocycles. The SMILES string of the molecule is CC(C)(C)OC(=O)NC(Cc1ccccc1)C(O)C(F)F. The number of rotatable bonds is 5. The smallest absolute Gasteiger partial charge is 0.407 e. The summed E-state index contributed by atoms with van der Waals surface area (Å²) in [6.45, 7) is 5.01. The minimum Gasteiger partial charge on any atom is -0.444 e. The number of ether oxygens (including phenoxy) is 1. The van der Waals surface area contributed by atoms with Crippen LogP contribution in [0.1, 0.15) is 26.3 Å². The number of hydrogen-bond acceptors (Lipinski definition) is 3. The van der Waals surface area contributed by atoms with Crippen molar-refractivity contribution < 1.29 is 23.4 Å². The van der Waals surface area contributed by atoms with Crippen LogP contribution in [-0.4, -0.2) is 35.4 Å². The Hall–Kier alpha value is -1.69. The van der Waals surface area contributed by atoms with Gasteiger partial charge >= 0.3 is 6.09 Å². The van der Waals surface area contributed by atoms with Gasteiger partial charge in [0.25, 0.3) is 6.43 Å². The van der Waals surface area contributed by atoms with E-state index >= 15 is 0 Å². The fraction of sp³-hybridized carbons (Fsp3) is 0.533. The van der Waals surface area contributed by atoms with Crippen molar-refractivity contribution in [3.8, 4) is 0 Å². The van der Waals surface area contributed by atoms with Gasteiger partial charge in [0.05, 0.1) is 6.04 Å². The van der Waals surface area contributed by atoms with E-state index < -0.39 is 30.3 Å². The van der Waals surface area contributed by atoms with Gasteiger partial charge in [0.1, 0.15) is 11.7 Å². The van der Waals surface area contributed by atoms with Crippen molar-refractivity contribution in [3.05, 3.63) is 35.9 Å². The number of amides is 1. The minimum atomic E-state index is -2.95. The number of aliphatic hydroxyl groups excluding tert-OH is 1. The standard InChI is InChI=1S/C15H21F2NO3/c1-15(2,3)21-14(20)18-11(12(19)13(16)17)9-10-7-5-4-6-8-10/h4-8,11-13,19H,9H2,1-3H3,(H,18,20). The Morgan fingerprint density at radius 1 is 1.29 bits per heavy atom. The number of carbonyl (C=O) groups is 1. The third kappa shape index (κ3) is 6.53. The Labute approximate surface area is 123 Å². The molecule has 21 heavy (non-hydrogen) atoms. The Kier molecular flexibility index (Phi) is 6.08. The maximum atomic E-state index is 12.7. The van der Waals surface area contributed by atoms with Gasteiger partial charge in [-0.15, -0.1) is 0 Å². The van der Waals surface area contributed by atoms with E-state index in [1.165, 1.54) is 0 Å². The van der Waals surface area contributed by atoms with E-state index in [0.29, 0.717) is 0 Å². The normalized spacial score (nSPS) is 14.6. The lowest BCUT2D eigenvalue weighted by molar-refractivity contribution is -0.0284.